The summed E-state index contributed by atoms with van der Waals surface area (Å²) < 4.78 is 0. The number of hydrogen-bond donors (Lipinski definition) is 3. The highest BCUT2D eigenvalue weighted by Crippen LogP contribution is 2.15. The fourth-order valence-electron chi connectivity index (χ4n) is 0.926. The zero-order valence-corrected chi connectivity index (χ0v) is 8.43. The Morgan fingerprint density at radius 2 is 2.36 bits per heavy atom. The number of nitrogen functional groups attached to an aromatic ring is 1. The standard InChI is InChI=1S/C8H11ClN4O/c1-2-11-8(14)7-5(9)3-4-6(12-7)13-10/h3-4H,2,10H2,1H3,(H,11,14)(H,12,13). The normalized spacial score (nSPS) is 9.64. The van der Waals surface area contributed by atoms with E-state index < -0.39 is 0 Å². The summed E-state index contributed by atoms with van der Waals surface area (Å²) in [5, 5.41) is 2.90. The van der Waals surface area contributed by atoms with E-state index >= 15 is 0 Å². The second kappa shape index (κ2) is 4.78. The molecule has 0 radical (unpaired) electrons. The van der Waals surface area contributed by atoms with Crippen molar-refractivity contribution in [3.8, 4) is 0 Å². The van der Waals surface area contributed by atoms with Gasteiger partial charge in [0, 0.05) is 6.54 Å². The van der Waals surface area contributed by atoms with Gasteiger partial charge in [0.1, 0.15) is 11.5 Å². The van der Waals surface area contributed by atoms with Gasteiger partial charge in [-0.05, 0) is 19.1 Å². The van der Waals surface area contributed by atoms with Crippen molar-refractivity contribution in [3.05, 3.63) is 22.8 Å². The summed E-state index contributed by atoms with van der Waals surface area (Å²) in [6, 6.07) is 3.15. The Kier molecular flexibility index (Phi) is 3.67. The number of carbonyl (C=O) groups is 1. The van der Waals surface area contributed by atoms with Crippen molar-refractivity contribution < 1.29 is 4.79 Å². The molecule has 4 N–H and O–H groups in total. The second-order valence-corrected chi connectivity index (χ2v) is 2.94. The molecule has 14 heavy (non-hydrogen) atoms. The first-order valence-electron chi connectivity index (χ1n) is 4.10. The van der Waals surface area contributed by atoms with E-state index in [1.807, 2.05) is 6.92 Å². The highest BCUT2D eigenvalue weighted by Gasteiger charge is 2.11. The zero-order chi connectivity index (χ0) is 10.6. The molecule has 0 atom stereocenters. The van der Waals surface area contributed by atoms with Crippen molar-refractivity contribution in [2.24, 2.45) is 5.84 Å². The molecule has 76 valence electrons. The van der Waals surface area contributed by atoms with E-state index in [0.717, 1.165) is 0 Å². The van der Waals surface area contributed by atoms with Crippen LogP contribution < -0.4 is 16.6 Å². The Labute approximate surface area is 86.6 Å². The molecule has 0 bridgehead atoms. The lowest BCUT2D eigenvalue weighted by Crippen LogP contribution is -2.24. The molecule has 0 fully saturated rings. The van der Waals surface area contributed by atoms with Crippen LogP contribution in [0.1, 0.15) is 17.4 Å². The van der Waals surface area contributed by atoms with Crippen molar-refractivity contribution in [1.29, 1.82) is 0 Å². The number of amides is 1. The Bertz CT molecular complexity index is 342. The summed E-state index contributed by atoms with van der Waals surface area (Å²) in [5.74, 6) is 5.24. The third-order valence-electron chi connectivity index (χ3n) is 1.55. The van der Waals surface area contributed by atoms with E-state index in [0.29, 0.717) is 17.4 Å². The molecule has 0 aromatic carbocycles. The van der Waals surface area contributed by atoms with Gasteiger partial charge in [0.2, 0.25) is 0 Å². The third-order valence-corrected chi connectivity index (χ3v) is 1.85. The summed E-state index contributed by atoms with van der Waals surface area (Å²) in [7, 11) is 0. The Balaban J connectivity index is 2.99. The number of hydrazine groups is 1. The summed E-state index contributed by atoms with van der Waals surface area (Å²) in [5.41, 5.74) is 2.51. The summed E-state index contributed by atoms with van der Waals surface area (Å²) >= 11 is 5.79. The van der Waals surface area contributed by atoms with E-state index in [-0.39, 0.29) is 11.6 Å². The van der Waals surface area contributed by atoms with Crippen LogP contribution in [0.15, 0.2) is 12.1 Å². The van der Waals surface area contributed by atoms with Crippen LogP contribution in [-0.2, 0) is 0 Å². The number of rotatable bonds is 3. The molecule has 1 rings (SSSR count). The van der Waals surface area contributed by atoms with Gasteiger partial charge in [0.05, 0.1) is 5.02 Å². The van der Waals surface area contributed by atoms with Crippen molar-refractivity contribution in [1.82, 2.24) is 10.3 Å². The second-order valence-electron chi connectivity index (χ2n) is 2.53. The molecule has 1 amide bonds. The van der Waals surface area contributed by atoms with Crippen molar-refractivity contribution >= 4 is 23.3 Å². The van der Waals surface area contributed by atoms with Crippen LogP contribution in [0.5, 0.6) is 0 Å². The Morgan fingerprint density at radius 3 is 2.93 bits per heavy atom. The molecule has 0 aliphatic heterocycles. The van der Waals surface area contributed by atoms with Gasteiger partial charge in [0.15, 0.2) is 0 Å². The Morgan fingerprint density at radius 1 is 1.64 bits per heavy atom. The van der Waals surface area contributed by atoms with Gasteiger partial charge in [-0.2, -0.15) is 0 Å². The maximum atomic E-state index is 11.4. The molecular weight excluding hydrogens is 204 g/mol. The quantitative estimate of drug-likeness (QED) is 0.513. The molecule has 0 saturated carbocycles. The molecule has 5 nitrogen and oxygen atoms in total. The predicted molar refractivity (Wildman–Crippen MR) is 55.1 cm³/mol. The number of aromatic nitrogens is 1. The van der Waals surface area contributed by atoms with E-state index in [1.165, 1.54) is 0 Å². The smallest absolute Gasteiger partial charge is 0.271 e. The molecule has 1 heterocycles. The zero-order valence-electron chi connectivity index (χ0n) is 7.67. The number of carbonyl (C=O) groups excluding carboxylic acids is 1. The van der Waals surface area contributed by atoms with E-state index in [1.54, 1.807) is 12.1 Å². The largest absolute Gasteiger partial charge is 0.351 e. The number of anilines is 1. The van der Waals surface area contributed by atoms with Crippen LogP contribution in [0, 0.1) is 0 Å². The maximum absolute atomic E-state index is 11.4. The first-order chi connectivity index (χ1) is 6.69. The van der Waals surface area contributed by atoms with Crippen molar-refractivity contribution in [3.63, 3.8) is 0 Å². The minimum absolute atomic E-state index is 0.170. The number of hydrogen-bond acceptors (Lipinski definition) is 4. The lowest BCUT2D eigenvalue weighted by atomic mass is 10.3. The molecule has 1 aromatic heterocycles. The molecular formula is C8H11ClN4O. The number of nitrogens with zero attached hydrogens (tertiary/aromatic N) is 1. The SMILES string of the molecule is CCNC(=O)c1nc(NN)ccc1Cl. The molecule has 0 saturated heterocycles. The number of pyridine rings is 1. The van der Waals surface area contributed by atoms with Gasteiger partial charge in [0.25, 0.3) is 5.91 Å². The fraction of sp³-hybridized carbons (Fsp3) is 0.250. The van der Waals surface area contributed by atoms with Crippen LogP contribution in [0.2, 0.25) is 5.02 Å². The average molecular weight is 215 g/mol. The van der Waals surface area contributed by atoms with Crippen molar-refractivity contribution in [2.75, 3.05) is 12.0 Å². The predicted octanol–water partition coefficient (Wildman–Crippen LogP) is 0.770. The summed E-state index contributed by atoms with van der Waals surface area (Å²) in [6.45, 7) is 2.34. The van der Waals surface area contributed by atoms with Gasteiger partial charge >= 0.3 is 0 Å². The first-order valence-corrected chi connectivity index (χ1v) is 4.48. The maximum Gasteiger partial charge on any atom is 0.271 e. The third kappa shape index (κ3) is 2.34. The monoisotopic (exact) mass is 214 g/mol. The van der Waals surface area contributed by atoms with Gasteiger partial charge in [-0.15, -0.1) is 0 Å². The van der Waals surface area contributed by atoms with Crippen LogP contribution in [0.25, 0.3) is 0 Å². The average Bonchev–Trinajstić information content (AvgIpc) is 2.19. The van der Waals surface area contributed by atoms with Gasteiger partial charge in [-0.3, -0.25) is 4.79 Å². The number of halogens is 1. The molecule has 1 aromatic rings. The molecule has 0 aliphatic carbocycles. The van der Waals surface area contributed by atoms with E-state index in [9.17, 15) is 4.79 Å². The van der Waals surface area contributed by atoms with Crippen molar-refractivity contribution in [2.45, 2.75) is 6.92 Å². The molecule has 0 aliphatic rings. The van der Waals surface area contributed by atoms with Crippen LogP contribution in [0.4, 0.5) is 5.82 Å². The van der Waals surface area contributed by atoms with Crippen LogP contribution in [-0.4, -0.2) is 17.4 Å². The highest BCUT2D eigenvalue weighted by atomic mass is 35.5. The lowest BCUT2D eigenvalue weighted by molar-refractivity contribution is 0.0951. The number of nitrogens with one attached hydrogen (secondary N) is 2. The first kappa shape index (κ1) is 10.7. The molecule has 0 spiro atoms. The van der Waals surface area contributed by atoms with Gasteiger partial charge in [-0.25, -0.2) is 10.8 Å². The fourth-order valence-corrected chi connectivity index (χ4v) is 1.12. The summed E-state index contributed by atoms with van der Waals surface area (Å²) in [6.07, 6.45) is 0. The van der Waals surface area contributed by atoms with Crippen LogP contribution >= 0.6 is 11.6 Å². The van der Waals surface area contributed by atoms with Gasteiger partial charge < -0.3 is 10.7 Å². The Hall–Kier alpha value is -1.33. The molecule has 6 heteroatoms. The highest BCUT2D eigenvalue weighted by molar-refractivity contribution is 6.33. The van der Waals surface area contributed by atoms with Gasteiger partial charge in [-0.1, -0.05) is 11.6 Å². The topological polar surface area (TPSA) is 80.0 Å². The minimum Gasteiger partial charge on any atom is -0.351 e. The van der Waals surface area contributed by atoms with Crippen LogP contribution in [0.3, 0.4) is 0 Å². The minimum atomic E-state index is -0.311. The molecule has 0 unspecified atom stereocenters. The summed E-state index contributed by atoms with van der Waals surface area (Å²) in [4.78, 5) is 15.3. The number of nitrogens with two attached hydrogens (primary N) is 1. The van der Waals surface area contributed by atoms with E-state index in [4.69, 9.17) is 17.4 Å². The van der Waals surface area contributed by atoms with E-state index in [2.05, 4.69) is 15.7 Å². The lowest BCUT2D eigenvalue weighted by Gasteiger charge is -2.05.